The van der Waals surface area contributed by atoms with Crippen molar-refractivity contribution < 1.29 is 9.15 Å². The molecule has 1 aromatic heterocycles. The highest BCUT2D eigenvalue weighted by molar-refractivity contribution is 14.0. The molecule has 0 aliphatic rings. The Kier molecular flexibility index (Phi) is 9.16. The summed E-state index contributed by atoms with van der Waals surface area (Å²) in [7, 11) is 1.74. The molecule has 3 aromatic rings. The standard InChI is InChI=1S/C23H28N4O2.HI/c1-16(2)29-21-12-17(3)10-11-19(21)13-25-23(24-4)26-14-20-15-28-22(27-20)18-8-6-5-7-9-18;/h5-12,15-16H,13-14H2,1-4H3,(H2,24,25,26);1H. The van der Waals surface area contributed by atoms with Crippen LogP contribution in [0.4, 0.5) is 0 Å². The lowest BCUT2D eigenvalue weighted by Crippen LogP contribution is -2.36. The second kappa shape index (κ2) is 11.6. The molecule has 0 amide bonds. The highest BCUT2D eigenvalue weighted by Gasteiger charge is 2.09. The molecule has 160 valence electrons. The van der Waals surface area contributed by atoms with Crippen molar-refractivity contribution in [3.63, 3.8) is 0 Å². The van der Waals surface area contributed by atoms with E-state index in [0.29, 0.717) is 24.9 Å². The van der Waals surface area contributed by atoms with Gasteiger partial charge in [-0.15, -0.1) is 24.0 Å². The van der Waals surface area contributed by atoms with Crippen LogP contribution in [0.1, 0.15) is 30.7 Å². The van der Waals surface area contributed by atoms with E-state index in [-0.39, 0.29) is 30.1 Å². The van der Waals surface area contributed by atoms with Crippen LogP contribution in [0.25, 0.3) is 11.5 Å². The first-order chi connectivity index (χ1) is 14.0. The van der Waals surface area contributed by atoms with E-state index in [2.05, 4.69) is 45.7 Å². The van der Waals surface area contributed by atoms with Crippen LogP contribution in [-0.4, -0.2) is 24.1 Å². The maximum Gasteiger partial charge on any atom is 0.226 e. The van der Waals surface area contributed by atoms with Gasteiger partial charge in [-0.05, 0) is 44.5 Å². The van der Waals surface area contributed by atoms with E-state index in [4.69, 9.17) is 9.15 Å². The molecule has 3 rings (SSSR count). The Morgan fingerprint density at radius 2 is 1.83 bits per heavy atom. The number of nitrogens with zero attached hydrogens (tertiary/aromatic N) is 2. The smallest absolute Gasteiger partial charge is 0.226 e. The highest BCUT2D eigenvalue weighted by atomic mass is 127. The lowest BCUT2D eigenvalue weighted by Gasteiger charge is -2.17. The first-order valence-electron chi connectivity index (χ1n) is 9.75. The summed E-state index contributed by atoms with van der Waals surface area (Å²) in [6.07, 6.45) is 1.79. The van der Waals surface area contributed by atoms with Crippen molar-refractivity contribution in [2.24, 2.45) is 4.99 Å². The van der Waals surface area contributed by atoms with E-state index in [1.54, 1.807) is 13.3 Å². The maximum absolute atomic E-state index is 5.94. The van der Waals surface area contributed by atoms with Crippen LogP contribution in [0.5, 0.6) is 5.75 Å². The van der Waals surface area contributed by atoms with Gasteiger partial charge in [-0.1, -0.05) is 30.3 Å². The minimum absolute atomic E-state index is 0. The summed E-state index contributed by atoms with van der Waals surface area (Å²) < 4.78 is 11.5. The van der Waals surface area contributed by atoms with E-state index in [1.807, 2.05) is 44.2 Å². The summed E-state index contributed by atoms with van der Waals surface area (Å²) in [4.78, 5) is 8.82. The van der Waals surface area contributed by atoms with Crippen LogP contribution >= 0.6 is 24.0 Å². The Morgan fingerprint density at radius 1 is 1.10 bits per heavy atom. The summed E-state index contributed by atoms with van der Waals surface area (Å²) in [5, 5.41) is 6.60. The molecule has 2 aromatic carbocycles. The largest absolute Gasteiger partial charge is 0.491 e. The number of nitrogens with one attached hydrogen (secondary N) is 2. The maximum atomic E-state index is 5.94. The fourth-order valence-electron chi connectivity index (χ4n) is 2.85. The van der Waals surface area contributed by atoms with E-state index >= 15 is 0 Å². The number of hydrogen-bond acceptors (Lipinski definition) is 4. The number of aryl methyl sites for hydroxylation is 1. The molecule has 0 saturated carbocycles. The van der Waals surface area contributed by atoms with E-state index in [9.17, 15) is 0 Å². The van der Waals surface area contributed by atoms with Crippen LogP contribution < -0.4 is 15.4 Å². The molecule has 0 bridgehead atoms. The molecule has 6 nitrogen and oxygen atoms in total. The van der Waals surface area contributed by atoms with Gasteiger partial charge in [-0.25, -0.2) is 4.98 Å². The Morgan fingerprint density at radius 3 is 2.53 bits per heavy atom. The zero-order valence-electron chi connectivity index (χ0n) is 17.8. The molecule has 0 spiro atoms. The van der Waals surface area contributed by atoms with Crippen LogP contribution in [0, 0.1) is 6.92 Å². The topological polar surface area (TPSA) is 71.7 Å². The van der Waals surface area contributed by atoms with E-state index < -0.39 is 0 Å². The predicted molar refractivity (Wildman–Crippen MR) is 131 cm³/mol. The summed E-state index contributed by atoms with van der Waals surface area (Å²) in [6.45, 7) is 7.24. The van der Waals surface area contributed by atoms with Gasteiger partial charge >= 0.3 is 0 Å². The van der Waals surface area contributed by atoms with Gasteiger partial charge in [0.2, 0.25) is 5.89 Å². The minimum atomic E-state index is 0. The van der Waals surface area contributed by atoms with Crippen molar-refractivity contribution in [1.29, 1.82) is 0 Å². The molecule has 0 atom stereocenters. The van der Waals surface area contributed by atoms with Crippen LogP contribution in [-0.2, 0) is 13.1 Å². The molecule has 0 saturated heterocycles. The molecular formula is C23H29IN4O2. The second-order valence-electron chi connectivity index (χ2n) is 7.07. The number of aromatic nitrogens is 1. The number of halogens is 1. The molecule has 2 N–H and O–H groups in total. The third-order valence-corrected chi connectivity index (χ3v) is 4.26. The second-order valence-corrected chi connectivity index (χ2v) is 7.07. The average Bonchev–Trinajstić information content (AvgIpc) is 3.19. The normalized spacial score (nSPS) is 11.2. The van der Waals surface area contributed by atoms with Gasteiger partial charge in [-0.3, -0.25) is 4.99 Å². The Labute approximate surface area is 195 Å². The van der Waals surface area contributed by atoms with Crippen LogP contribution in [0.2, 0.25) is 0 Å². The van der Waals surface area contributed by atoms with Crippen molar-refractivity contribution in [2.45, 2.75) is 40.0 Å². The van der Waals surface area contributed by atoms with Crippen molar-refractivity contribution in [3.05, 3.63) is 71.6 Å². The zero-order chi connectivity index (χ0) is 20.6. The number of aliphatic imine (C=N–C) groups is 1. The molecule has 0 aliphatic carbocycles. The number of hydrogen-bond donors (Lipinski definition) is 2. The molecule has 0 unspecified atom stereocenters. The quantitative estimate of drug-likeness (QED) is 0.263. The van der Waals surface area contributed by atoms with Crippen LogP contribution in [0.15, 0.2) is 64.2 Å². The Hall–Kier alpha value is -2.55. The zero-order valence-corrected chi connectivity index (χ0v) is 20.1. The lowest BCUT2D eigenvalue weighted by atomic mass is 10.1. The SMILES string of the molecule is CN=C(NCc1coc(-c2ccccc2)n1)NCc1ccc(C)cc1OC(C)C.I. The molecular weight excluding hydrogens is 491 g/mol. The van der Waals surface area contributed by atoms with Crippen molar-refractivity contribution in [3.8, 4) is 17.2 Å². The number of rotatable bonds is 7. The van der Waals surface area contributed by atoms with Gasteiger partial charge in [0, 0.05) is 24.7 Å². The number of oxazole rings is 1. The minimum Gasteiger partial charge on any atom is -0.491 e. The molecule has 0 aliphatic heterocycles. The van der Waals surface area contributed by atoms with E-state index in [0.717, 1.165) is 22.6 Å². The summed E-state index contributed by atoms with van der Waals surface area (Å²) in [6, 6.07) is 16.1. The van der Waals surface area contributed by atoms with Crippen molar-refractivity contribution in [1.82, 2.24) is 15.6 Å². The van der Waals surface area contributed by atoms with Gasteiger partial charge in [0.25, 0.3) is 0 Å². The van der Waals surface area contributed by atoms with E-state index in [1.165, 1.54) is 5.56 Å². The molecule has 30 heavy (non-hydrogen) atoms. The monoisotopic (exact) mass is 520 g/mol. The van der Waals surface area contributed by atoms with Crippen LogP contribution in [0.3, 0.4) is 0 Å². The average molecular weight is 520 g/mol. The van der Waals surface area contributed by atoms with Crippen molar-refractivity contribution >= 4 is 29.9 Å². The van der Waals surface area contributed by atoms with Gasteiger partial charge in [0.05, 0.1) is 18.3 Å². The Balaban J connectivity index is 0.00000320. The summed E-state index contributed by atoms with van der Waals surface area (Å²) in [5.74, 6) is 2.19. The number of benzene rings is 2. The fraction of sp³-hybridized carbons (Fsp3) is 0.304. The van der Waals surface area contributed by atoms with Gasteiger partial charge in [0.15, 0.2) is 5.96 Å². The lowest BCUT2D eigenvalue weighted by molar-refractivity contribution is 0.239. The summed E-state index contributed by atoms with van der Waals surface area (Å²) in [5.41, 5.74) is 4.02. The first kappa shape index (κ1) is 23.7. The molecule has 0 fully saturated rings. The third kappa shape index (κ3) is 6.76. The summed E-state index contributed by atoms with van der Waals surface area (Å²) >= 11 is 0. The predicted octanol–water partition coefficient (Wildman–Crippen LogP) is 4.92. The third-order valence-electron chi connectivity index (χ3n) is 4.26. The number of guanidine groups is 1. The van der Waals surface area contributed by atoms with Gasteiger partial charge < -0.3 is 19.8 Å². The highest BCUT2D eigenvalue weighted by Crippen LogP contribution is 2.21. The van der Waals surface area contributed by atoms with Crippen molar-refractivity contribution in [2.75, 3.05) is 7.05 Å². The number of ether oxygens (including phenoxy) is 1. The van der Waals surface area contributed by atoms with Gasteiger partial charge in [-0.2, -0.15) is 0 Å². The van der Waals surface area contributed by atoms with Gasteiger partial charge in [0.1, 0.15) is 12.0 Å². The molecule has 7 heteroatoms. The molecule has 0 radical (unpaired) electrons. The fourth-order valence-corrected chi connectivity index (χ4v) is 2.85. The first-order valence-corrected chi connectivity index (χ1v) is 9.75. The Bertz CT molecular complexity index is 955. The molecule has 1 heterocycles.